The molecular formula is C20H23NO5S. The van der Waals surface area contributed by atoms with Crippen molar-refractivity contribution in [1.29, 1.82) is 0 Å². The molecular weight excluding hydrogens is 366 g/mol. The Balaban J connectivity index is 1.81. The molecule has 1 saturated carbocycles. The molecule has 0 aromatic heterocycles. The molecule has 2 aromatic rings. The molecule has 144 valence electrons. The van der Waals surface area contributed by atoms with Gasteiger partial charge in [0.25, 0.3) is 10.0 Å². The van der Waals surface area contributed by atoms with Crippen LogP contribution in [-0.4, -0.2) is 32.5 Å². The molecule has 6 nitrogen and oxygen atoms in total. The number of hydrogen-bond donors (Lipinski definition) is 0. The van der Waals surface area contributed by atoms with Crippen molar-refractivity contribution in [3.63, 3.8) is 0 Å². The fourth-order valence-corrected chi connectivity index (χ4v) is 3.80. The van der Waals surface area contributed by atoms with Crippen LogP contribution in [0, 0.1) is 12.8 Å². The first kappa shape index (κ1) is 19.4. The Hall–Kier alpha value is -2.38. The lowest BCUT2D eigenvalue weighted by atomic mass is 10.1. The summed E-state index contributed by atoms with van der Waals surface area (Å²) in [7, 11) is -2.37. The second kappa shape index (κ2) is 8.10. The molecule has 0 radical (unpaired) electrons. The standard InChI is InChI=1S/C20H23NO5S/c1-15-6-10-19(11-7-15)27(23,24)21(26-20(22)17-8-9-17)13-12-16-4-3-5-18(14-16)25-2/h3-7,10-11,14,17H,8-9,12-13H2,1-2H3. The molecule has 1 fully saturated rings. The van der Waals surface area contributed by atoms with Crippen molar-refractivity contribution in [3.05, 3.63) is 59.7 Å². The van der Waals surface area contributed by atoms with Crippen molar-refractivity contribution in [1.82, 2.24) is 4.47 Å². The number of ether oxygens (including phenoxy) is 1. The van der Waals surface area contributed by atoms with Gasteiger partial charge in [-0.3, -0.25) is 4.79 Å². The van der Waals surface area contributed by atoms with Gasteiger partial charge < -0.3 is 9.57 Å². The van der Waals surface area contributed by atoms with E-state index in [1.807, 2.05) is 31.2 Å². The Morgan fingerprint density at radius 1 is 1.15 bits per heavy atom. The summed E-state index contributed by atoms with van der Waals surface area (Å²) in [6.45, 7) is 1.91. The highest BCUT2D eigenvalue weighted by molar-refractivity contribution is 7.89. The Morgan fingerprint density at radius 3 is 2.48 bits per heavy atom. The number of carbonyl (C=O) groups is 1. The van der Waals surface area contributed by atoms with Crippen LogP contribution in [0.2, 0.25) is 0 Å². The maximum Gasteiger partial charge on any atom is 0.329 e. The summed E-state index contributed by atoms with van der Waals surface area (Å²) in [4.78, 5) is 17.5. The summed E-state index contributed by atoms with van der Waals surface area (Å²) in [5.74, 6) is 0.00397. The van der Waals surface area contributed by atoms with E-state index in [2.05, 4.69) is 0 Å². The van der Waals surface area contributed by atoms with Gasteiger partial charge in [-0.2, -0.15) is 0 Å². The minimum absolute atomic E-state index is 0.0296. The maximum absolute atomic E-state index is 13.0. The Labute approximate surface area is 159 Å². The molecule has 0 spiro atoms. The second-order valence-electron chi connectivity index (χ2n) is 6.63. The van der Waals surface area contributed by atoms with E-state index in [9.17, 15) is 13.2 Å². The molecule has 0 bridgehead atoms. The van der Waals surface area contributed by atoms with Gasteiger partial charge in [-0.15, -0.1) is 0 Å². The van der Waals surface area contributed by atoms with E-state index < -0.39 is 16.0 Å². The third-order valence-corrected chi connectivity index (χ3v) is 6.07. The van der Waals surface area contributed by atoms with Gasteiger partial charge in [0.1, 0.15) is 5.75 Å². The first-order valence-corrected chi connectivity index (χ1v) is 10.3. The summed E-state index contributed by atoms with van der Waals surface area (Å²) in [6, 6.07) is 13.8. The van der Waals surface area contributed by atoms with Crippen molar-refractivity contribution in [2.75, 3.05) is 13.7 Å². The zero-order valence-corrected chi connectivity index (χ0v) is 16.2. The van der Waals surface area contributed by atoms with Crippen LogP contribution in [0.25, 0.3) is 0 Å². The molecule has 0 aliphatic heterocycles. The van der Waals surface area contributed by atoms with Crippen LogP contribution in [0.4, 0.5) is 0 Å². The fraction of sp³-hybridized carbons (Fsp3) is 0.350. The molecule has 0 N–H and O–H groups in total. The summed E-state index contributed by atoms with van der Waals surface area (Å²) < 4.78 is 32.0. The number of nitrogens with zero attached hydrogens (tertiary/aromatic N) is 1. The molecule has 7 heteroatoms. The highest BCUT2D eigenvalue weighted by Crippen LogP contribution is 2.31. The van der Waals surface area contributed by atoms with Crippen molar-refractivity contribution >= 4 is 16.0 Å². The summed E-state index contributed by atoms with van der Waals surface area (Å²) in [6.07, 6.45) is 1.88. The van der Waals surface area contributed by atoms with Gasteiger partial charge in [0.05, 0.1) is 24.5 Å². The third kappa shape index (κ3) is 4.87. The number of hydroxylamine groups is 1. The van der Waals surface area contributed by atoms with Gasteiger partial charge in [-0.25, -0.2) is 8.42 Å². The van der Waals surface area contributed by atoms with Gasteiger partial charge in [0.15, 0.2) is 0 Å². The fourth-order valence-electron chi connectivity index (χ4n) is 2.58. The van der Waals surface area contributed by atoms with Gasteiger partial charge in [0.2, 0.25) is 0 Å². The average Bonchev–Trinajstić information content (AvgIpc) is 3.50. The van der Waals surface area contributed by atoms with Gasteiger partial charge in [-0.05, 0) is 60.5 Å². The van der Waals surface area contributed by atoms with Gasteiger partial charge >= 0.3 is 5.97 Å². The normalized spacial score (nSPS) is 14.2. The Bertz CT molecular complexity index is 904. The van der Waals surface area contributed by atoms with Crippen LogP contribution in [-0.2, 0) is 26.1 Å². The van der Waals surface area contributed by atoms with Gasteiger partial charge in [0, 0.05) is 0 Å². The topological polar surface area (TPSA) is 72.9 Å². The van der Waals surface area contributed by atoms with Crippen molar-refractivity contribution in [2.45, 2.75) is 31.1 Å². The van der Waals surface area contributed by atoms with Crippen LogP contribution < -0.4 is 4.74 Å². The smallest absolute Gasteiger partial charge is 0.329 e. The SMILES string of the molecule is COc1cccc(CCN(OC(=O)C2CC2)S(=O)(=O)c2ccc(C)cc2)c1. The number of aryl methyl sites for hydroxylation is 1. The monoisotopic (exact) mass is 389 g/mol. The molecule has 0 saturated heterocycles. The highest BCUT2D eigenvalue weighted by atomic mass is 32.2. The molecule has 1 aliphatic rings. The van der Waals surface area contributed by atoms with E-state index in [4.69, 9.17) is 9.57 Å². The predicted octanol–water partition coefficient (Wildman–Crippen LogP) is 3.11. The van der Waals surface area contributed by atoms with E-state index in [-0.39, 0.29) is 17.4 Å². The van der Waals surface area contributed by atoms with E-state index in [0.717, 1.165) is 28.4 Å². The van der Waals surface area contributed by atoms with Crippen molar-refractivity contribution in [2.24, 2.45) is 5.92 Å². The minimum atomic E-state index is -3.95. The molecule has 3 rings (SSSR count). The van der Waals surface area contributed by atoms with Gasteiger partial charge in [-0.1, -0.05) is 29.8 Å². The summed E-state index contributed by atoms with van der Waals surface area (Å²) >= 11 is 0. The van der Waals surface area contributed by atoms with Crippen molar-refractivity contribution < 1.29 is 22.8 Å². The molecule has 1 aliphatic carbocycles. The molecule has 0 heterocycles. The number of hydrogen-bond acceptors (Lipinski definition) is 5. The predicted molar refractivity (Wildman–Crippen MR) is 101 cm³/mol. The van der Waals surface area contributed by atoms with Crippen LogP contribution in [0.5, 0.6) is 5.75 Å². The molecule has 0 unspecified atom stereocenters. The number of benzene rings is 2. The lowest BCUT2D eigenvalue weighted by Gasteiger charge is -2.21. The third-order valence-electron chi connectivity index (χ3n) is 4.41. The zero-order chi connectivity index (χ0) is 19.4. The largest absolute Gasteiger partial charge is 0.497 e. The second-order valence-corrected chi connectivity index (χ2v) is 8.46. The molecule has 27 heavy (non-hydrogen) atoms. The minimum Gasteiger partial charge on any atom is -0.497 e. The quantitative estimate of drug-likeness (QED) is 0.649. The number of rotatable bonds is 8. The lowest BCUT2D eigenvalue weighted by Crippen LogP contribution is -2.35. The van der Waals surface area contributed by atoms with Crippen molar-refractivity contribution in [3.8, 4) is 5.75 Å². The summed E-state index contributed by atoms with van der Waals surface area (Å²) in [5, 5.41) is 0. The van der Waals surface area contributed by atoms with Crippen LogP contribution in [0.15, 0.2) is 53.4 Å². The molecule has 2 aromatic carbocycles. The molecule has 0 atom stereocenters. The number of methoxy groups -OCH3 is 1. The van der Waals surface area contributed by atoms with E-state index in [0.29, 0.717) is 12.2 Å². The zero-order valence-electron chi connectivity index (χ0n) is 15.4. The maximum atomic E-state index is 13.0. The van der Waals surface area contributed by atoms with Crippen LogP contribution in [0.1, 0.15) is 24.0 Å². The Morgan fingerprint density at radius 2 is 1.85 bits per heavy atom. The highest BCUT2D eigenvalue weighted by Gasteiger charge is 2.36. The van der Waals surface area contributed by atoms with E-state index in [1.165, 1.54) is 12.1 Å². The molecule has 0 amide bonds. The van der Waals surface area contributed by atoms with E-state index in [1.54, 1.807) is 19.2 Å². The number of sulfonamides is 1. The average molecular weight is 389 g/mol. The van der Waals surface area contributed by atoms with E-state index >= 15 is 0 Å². The lowest BCUT2D eigenvalue weighted by molar-refractivity contribution is -0.171. The number of carbonyl (C=O) groups excluding carboxylic acids is 1. The first-order chi connectivity index (χ1) is 12.9. The summed E-state index contributed by atoms with van der Waals surface area (Å²) in [5.41, 5.74) is 1.84. The van der Waals surface area contributed by atoms with Crippen LogP contribution in [0.3, 0.4) is 0 Å². The Kier molecular flexibility index (Phi) is 5.82. The van der Waals surface area contributed by atoms with Crippen LogP contribution >= 0.6 is 0 Å². The first-order valence-electron chi connectivity index (χ1n) is 8.84.